The molecule has 0 saturated carbocycles. The van der Waals surface area contributed by atoms with E-state index in [1.165, 1.54) is 0 Å². The average molecular weight is 267 g/mol. The molecule has 0 radical (unpaired) electrons. The lowest BCUT2D eigenvalue weighted by Crippen LogP contribution is -2.17. The van der Waals surface area contributed by atoms with Gasteiger partial charge in [0.05, 0.1) is 12.2 Å². The number of ether oxygens (including phenoxy) is 2. The highest BCUT2D eigenvalue weighted by atomic mass is 16.5. The minimum Gasteiger partial charge on any atom is -0.475 e. The summed E-state index contributed by atoms with van der Waals surface area (Å²) in [5, 5.41) is 11.7. The fourth-order valence-corrected chi connectivity index (χ4v) is 1.44. The number of pyridine rings is 1. The van der Waals surface area contributed by atoms with E-state index < -0.39 is 0 Å². The van der Waals surface area contributed by atoms with Crippen molar-refractivity contribution in [3.63, 3.8) is 0 Å². The molecule has 1 heterocycles. The topological polar surface area (TPSA) is 90.0 Å². The highest BCUT2D eigenvalue weighted by Gasteiger charge is 2.10. The second-order valence-electron chi connectivity index (χ2n) is 4.10. The maximum absolute atomic E-state index is 8.71. The molecule has 0 aliphatic rings. The zero-order valence-electron chi connectivity index (χ0n) is 11.4. The van der Waals surface area contributed by atoms with Gasteiger partial charge in [0.15, 0.2) is 5.84 Å². The van der Waals surface area contributed by atoms with Gasteiger partial charge in [-0.15, -0.1) is 0 Å². The summed E-state index contributed by atoms with van der Waals surface area (Å²) >= 11 is 0. The van der Waals surface area contributed by atoms with Gasteiger partial charge in [-0.1, -0.05) is 18.5 Å². The van der Waals surface area contributed by atoms with Crippen LogP contribution in [0, 0.1) is 6.92 Å². The van der Waals surface area contributed by atoms with Crippen molar-refractivity contribution >= 4 is 5.84 Å². The molecule has 0 saturated heterocycles. The molecule has 1 rings (SSSR count). The van der Waals surface area contributed by atoms with Crippen molar-refractivity contribution < 1.29 is 14.7 Å². The summed E-state index contributed by atoms with van der Waals surface area (Å²) in [4.78, 5) is 4.23. The maximum Gasteiger partial charge on any atom is 0.224 e. The number of aromatic nitrogens is 1. The molecule has 1 aromatic rings. The van der Waals surface area contributed by atoms with Crippen molar-refractivity contribution in [2.75, 3.05) is 19.8 Å². The summed E-state index contributed by atoms with van der Waals surface area (Å²) in [6, 6.07) is 3.49. The number of amidine groups is 1. The zero-order chi connectivity index (χ0) is 14.1. The van der Waals surface area contributed by atoms with E-state index in [4.69, 9.17) is 20.4 Å². The van der Waals surface area contributed by atoms with Gasteiger partial charge in [0, 0.05) is 12.3 Å². The van der Waals surface area contributed by atoms with E-state index in [2.05, 4.69) is 17.1 Å². The number of rotatable bonds is 8. The predicted octanol–water partition coefficient (Wildman–Crippen LogP) is 1.68. The number of hydrogen-bond acceptors (Lipinski definition) is 5. The number of hydrogen-bond donors (Lipinski definition) is 2. The smallest absolute Gasteiger partial charge is 0.224 e. The molecular formula is C13H21N3O3. The summed E-state index contributed by atoms with van der Waals surface area (Å²) in [7, 11) is 0. The zero-order valence-corrected chi connectivity index (χ0v) is 11.4. The molecule has 0 amide bonds. The molecule has 0 bridgehead atoms. The Morgan fingerprint density at radius 2 is 2.16 bits per heavy atom. The summed E-state index contributed by atoms with van der Waals surface area (Å²) in [6.07, 6.45) is 2.14. The van der Waals surface area contributed by atoms with Crippen molar-refractivity contribution in [2.24, 2.45) is 10.9 Å². The largest absolute Gasteiger partial charge is 0.475 e. The predicted molar refractivity (Wildman–Crippen MR) is 72.7 cm³/mol. The Morgan fingerprint density at radius 3 is 2.84 bits per heavy atom. The van der Waals surface area contributed by atoms with Crippen LogP contribution < -0.4 is 10.5 Å². The molecule has 0 atom stereocenters. The normalized spacial score (nSPS) is 11.6. The lowest BCUT2D eigenvalue weighted by Gasteiger charge is -2.10. The third-order valence-corrected chi connectivity index (χ3v) is 2.49. The van der Waals surface area contributed by atoms with Crippen LogP contribution in [0.1, 0.15) is 31.0 Å². The summed E-state index contributed by atoms with van der Waals surface area (Å²) in [5.74, 6) is 0.337. The Kier molecular flexibility index (Phi) is 6.67. The lowest BCUT2D eigenvalue weighted by molar-refractivity contribution is 0.0964. The second kappa shape index (κ2) is 8.31. The molecular weight excluding hydrogens is 246 g/mol. The van der Waals surface area contributed by atoms with Crippen molar-refractivity contribution in [3.8, 4) is 5.88 Å². The molecule has 0 fully saturated rings. The van der Waals surface area contributed by atoms with Crippen molar-refractivity contribution in [2.45, 2.75) is 26.7 Å². The second-order valence-corrected chi connectivity index (χ2v) is 4.10. The first-order chi connectivity index (χ1) is 9.19. The molecule has 106 valence electrons. The Balaban J connectivity index is 2.54. The molecule has 3 N–H and O–H groups in total. The van der Waals surface area contributed by atoms with Crippen LogP contribution >= 0.6 is 0 Å². The number of nitrogens with two attached hydrogens (primary N) is 1. The SMILES string of the molecule is CCCCOCCOc1nc(C)ccc1C(N)=NO. The number of nitrogens with zero attached hydrogens (tertiary/aromatic N) is 2. The number of oxime groups is 1. The van der Waals surface area contributed by atoms with Gasteiger partial charge >= 0.3 is 0 Å². The summed E-state index contributed by atoms with van der Waals surface area (Å²) in [6.45, 7) is 5.56. The maximum atomic E-state index is 8.71. The van der Waals surface area contributed by atoms with Crippen molar-refractivity contribution in [3.05, 3.63) is 23.4 Å². The highest BCUT2D eigenvalue weighted by Crippen LogP contribution is 2.15. The van der Waals surface area contributed by atoms with Gasteiger partial charge in [-0.25, -0.2) is 4.98 Å². The van der Waals surface area contributed by atoms with Gasteiger partial charge < -0.3 is 20.4 Å². The van der Waals surface area contributed by atoms with Crippen molar-refractivity contribution in [1.82, 2.24) is 4.98 Å². The molecule has 1 aromatic heterocycles. The molecule has 0 aliphatic heterocycles. The van der Waals surface area contributed by atoms with E-state index in [1.54, 1.807) is 12.1 Å². The van der Waals surface area contributed by atoms with Gasteiger partial charge in [-0.2, -0.15) is 0 Å². The van der Waals surface area contributed by atoms with Crippen LogP contribution in [-0.4, -0.2) is 35.8 Å². The quantitative estimate of drug-likeness (QED) is 0.246. The minimum atomic E-state index is -0.0191. The van der Waals surface area contributed by atoms with E-state index >= 15 is 0 Å². The van der Waals surface area contributed by atoms with Crippen molar-refractivity contribution in [1.29, 1.82) is 0 Å². The molecule has 19 heavy (non-hydrogen) atoms. The van der Waals surface area contributed by atoms with Crippen LogP contribution in [0.4, 0.5) is 0 Å². The summed E-state index contributed by atoms with van der Waals surface area (Å²) in [5.41, 5.74) is 6.84. The van der Waals surface area contributed by atoms with E-state index in [9.17, 15) is 0 Å². The fraction of sp³-hybridized carbons (Fsp3) is 0.538. The van der Waals surface area contributed by atoms with E-state index in [1.807, 2.05) is 6.92 Å². The first-order valence-corrected chi connectivity index (χ1v) is 6.35. The lowest BCUT2D eigenvalue weighted by atomic mass is 10.2. The molecule has 0 aromatic carbocycles. The molecule has 6 heteroatoms. The van der Waals surface area contributed by atoms with Crippen LogP contribution in [0.25, 0.3) is 0 Å². The molecule has 6 nitrogen and oxygen atoms in total. The van der Waals surface area contributed by atoms with Gasteiger partial charge in [-0.05, 0) is 25.5 Å². The number of unbranched alkanes of at least 4 members (excludes halogenated alkanes) is 1. The van der Waals surface area contributed by atoms with Crippen LogP contribution in [0.2, 0.25) is 0 Å². The fourth-order valence-electron chi connectivity index (χ4n) is 1.44. The van der Waals surface area contributed by atoms with E-state index in [0.29, 0.717) is 24.7 Å². The molecule has 0 unspecified atom stereocenters. The van der Waals surface area contributed by atoms with Crippen LogP contribution in [-0.2, 0) is 4.74 Å². The van der Waals surface area contributed by atoms with Gasteiger partial charge in [0.1, 0.15) is 6.61 Å². The Morgan fingerprint density at radius 1 is 1.37 bits per heavy atom. The molecule has 0 aliphatic carbocycles. The third kappa shape index (κ3) is 5.13. The summed E-state index contributed by atoms with van der Waals surface area (Å²) < 4.78 is 10.9. The first kappa shape index (κ1) is 15.2. The van der Waals surface area contributed by atoms with Gasteiger partial charge in [-0.3, -0.25) is 0 Å². The Hall–Kier alpha value is -1.82. The van der Waals surface area contributed by atoms with E-state index in [-0.39, 0.29) is 5.84 Å². The van der Waals surface area contributed by atoms with Crippen LogP contribution in [0.15, 0.2) is 17.3 Å². The highest BCUT2D eigenvalue weighted by molar-refractivity contribution is 5.99. The van der Waals surface area contributed by atoms with Crippen LogP contribution in [0.3, 0.4) is 0 Å². The Labute approximate surface area is 113 Å². The standard InChI is InChI=1S/C13H21N3O3/c1-3-4-7-18-8-9-19-13-11(12(14)16-17)6-5-10(2)15-13/h5-6,17H,3-4,7-9H2,1-2H3,(H2,14,16). The minimum absolute atomic E-state index is 0.0191. The molecule has 0 spiro atoms. The van der Waals surface area contributed by atoms with Crippen LogP contribution in [0.5, 0.6) is 5.88 Å². The third-order valence-electron chi connectivity index (χ3n) is 2.49. The first-order valence-electron chi connectivity index (χ1n) is 6.35. The Bertz CT molecular complexity index is 422. The van der Waals surface area contributed by atoms with Gasteiger partial charge in [0.25, 0.3) is 0 Å². The average Bonchev–Trinajstić information content (AvgIpc) is 2.42. The monoisotopic (exact) mass is 267 g/mol. The van der Waals surface area contributed by atoms with Gasteiger partial charge in [0.2, 0.25) is 5.88 Å². The van der Waals surface area contributed by atoms with E-state index in [0.717, 1.165) is 25.1 Å². The number of aryl methyl sites for hydroxylation is 1.